The average molecular weight is 445 g/mol. The Bertz CT molecular complexity index is 1050. The van der Waals surface area contributed by atoms with Crippen LogP contribution in [0.15, 0.2) is 47.2 Å². The highest BCUT2D eigenvalue weighted by Crippen LogP contribution is 2.44. The van der Waals surface area contributed by atoms with Gasteiger partial charge < -0.3 is 15.1 Å². The summed E-state index contributed by atoms with van der Waals surface area (Å²) >= 11 is 12.0. The summed E-state index contributed by atoms with van der Waals surface area (Å²) in [4.78, 5) is 12.7. The minimum absolute atomic E-state index is 0.0596. The zero-order valence-electron chi connectivity index (χ0n) is 14.5. The second kappa shape index (κ2) is 7.31. The third-order valence-corrected chi connectivity index (χ3v) is 5.39. The molecule has 0 unspecified atom stereocenters. The van der Waals surface area contributed by atoms with Crippen molar-refractivity contribution in [2.45, 2.75) is 24.7 Å². The molecule has 2 N–H and O–H groups in total. The lowest BCUT2D eigenvalue weighted by Crippen LogP contribution is -2.36. The Kier molecular flexibility index (Phi) is 4.95. The monoisotopic (exact) mass is 444 g/mol. The number of rotatable bonds is 3. The summed E-state index contributed by atoms with van der Waals surface area (Å²) < 4.78 is 46.9. The van der Waals surface area contributed by atoms with Crippen LogP contribution in [0.3, 0.4) is 0 Å². The molecule has 0 saturated carbocycles. The lowest BCUT2D eigenvalue weighted by Gasteiger charge is -2.32. The molecule has 1 amide bonds. The van der Waals surface area contributed by atoms with Crippen LogP contribution in [0.2, 0.25) is 10.0 Å². The first-order valence-electron chi connectivity index (χ1n) is 8.45. The van der Waals surface area contributed by atoms with Crippen LogP contribution in [-0.4, -0.2) is 21.9 Å². The van der Waals surface area contributed by atoms with Crippen molar-refractivity contribution in [2.24, 2.45) is 0 Å². The van der Waals surface area contributed by atoms with Crippen molar-refractivity contribution in [3.8, 4) is 0 Å². The fourth-order valence-corrected chi connectivity index (χ4v) is 3.54. The van der Waals surface area contributed by atoms with Crippen molar-refractivity contribution in [3.05, 3.63) is 64.2 Å². The molecule has 0 aliphatic carbocycles. The molecule has 2 aromatic heterocycles. The van der Waals surface area contributed by atoms with E-state index in [1.165, 1.54) is 12.3 Å². The normalized spacial score (nSPS) is 18.8. The predicted molar refractivity (Wildman–Crippen MR) is 101 cm³/mol. The number of hydrogen-bond acceptors (Lipinski definition) is 4. The Balaban J connectivity index is 1.70. The Labute approximate surface area is 172 Å². The summed E-state index contributed by atoms with van der Waals surface area (Å²) in [5, 5.41) is 9.64. The van der Waals surface area contributed by atoms with E-state index in [1.807, 2.05) is 0 Å². The summed E-state index contributed by atoms with van der Waals surface area (Å²) in [6.45, 7) is 0. The van der Waals surface area contributed by atoms with E-state index < -0.39 is 24.2 Å². The number of benzene rings is 1. The second-order valence-corrected chi connectivity index (χ2v) is 7.20. The van der Waals surface area contributed by atoms with Gasteiger partial charge in [0.2, 0.25) is 0 Å². The fraction of sp³-hybridized carbons (Fsp3) is 0.222. The molecule has 2 atom stereocenters. The van der Waals surface area contributed by atoms with E-state index in [4.69, 9.17) is 27.6 Å². The number of nitrogens with one attached hydrogen (secondary N) is 2. The molecule has 3 heterocycles. The first-order chi connectivity index (χ1) is 13.8. The Morgan fingerprint density at radius 3 is 2.76 bits per heavy atom. The topological polar surface area (TPSA) is 72.1 Å². The molecule has 0 fully saturated rings. The van der Waals surface area contributed by atoms with Gasteiger partial charge in [-0.2, -0.15) is 18.3 Å². The van der Waals surface area contributed by atoms with Gasteiger partial charge in [-0.05, 0) is 24.3 Å². The molecule has 1 aromatic carbocycles. The highest BCUT2D eigenvalue weighted by atomic mass is 35.5. The van der Waals surface area contributed by atoms with E-state index >= 15 is 0 Å². The number of carbonyl (C=O) groups excluding carboxylic acids is 1. The molecule has 29 heavy (non-hydrogen) atoms. The van der Waals surface area contributed by atoms with Crippen LogP contribution in [0.1, 0.15) is 34.6 Å². The minimum atomic E-state index is -4.56. The van der Waals surface area contributed by atoms with E-state index in [-0.39, 0.29) is 33.5 Å². The molecule has 0 radical (unpaired) electrons. The summed E-state index contributed by atoms with van der Waals surface area (Å²) in [5.41, 5.74) is 0.168. The predicted octanol–water partition coefficient (Wildman–Crippen LogP) is 5.70. The van der Waals surface area contributed by atoms with Crippen molar-refractivity contribution in [3.63, 3.8) is 0 Å². The third kappa shape index (κ3) is 3.67. The van der Waals surface area contributed by atoms with Crippen molar-refractivity contribution in [1.29, 1.82) is 0 Å². The number of furan rings is 1. The molecular formula is C18H13Cl2F3N4O2. The van der Waals surface area contributed by atoms with Gasteiger partial charge in [0.05, 0.1) is 34.2 Å². The largest absolute Gasteiger partial charge is 0.467 e. The van der Waals surface area contributed by atoms with Gasteiger partial charge in [0.15, 0.2) is 6.04 Å². The van der Waals surface area contributed by atoms with Gasteiger partial charge in [0, 0.05) is 6.42 Å². The highest BCUT2D eigenvalue weighted by molar-refractivity contribution is 6.44. The van der Waals surface area contributed by atoms with Crippen molar-refractivity contribution in [2.75, 3.05) is 10.6 Å². The van der Waals surface area contributed by atoms with Crippen LogP contribution >= 0.6 is 23.2 Å². The van der Waals surface area contributed by atoms with Crippen molar-refractivity contribution >= 4 is 40.6 Å². The zero-order chi connectivity index (χ0) is 20.8. The number of carbonyl (C=O) groups is 1. The highest BCUT2D eigenvalue weighted by Gasteiger charge is 2.47. The van der Waals surface area contributed by atoms with Crippen LogP contribution in [0.5, 0.6) is 0 Å². The van der Waals surface area contributed by atoms with Crippen LogP contribution in [0.4, 0.5) is 24.7 Å². The summed E-state index contributed by atoms with van der Waals surface area (Å²) in [5.74, 6) is -0.407. The number of aromatic nitrogens is 2. The van der Waals surface area contributed by atoms with Crippen molar-refractivity contribution < 1.29 is 22.4 Å². The van der Waals surface area contributed by atoms with Gasteiger partial charge in [0.25, 0.3) is 5.91 Å². The fourth-order valence-electron chi connectivity index (χ4n) is 3.19. The molecule has 3 aromatic rings. The van der Waals surface area contributed by atoms with E-state index in [2.05, 4.69) is 15.7 Å². The quantitative estimate of drug-likeness (QED) is 0.543. The van der Waals surface area contributed by atoms with Crippen LogP contribution in [0, 0.1) is 0 Å². The number of halogens is 5. The summed E-state index contributed by atoms with van der Waals surface area (Å²) in [7, 11) is 0. The number of fused-ring (bicyclic) bond motifs is 1. The average Bonchev–Trinajstić information content (AvgIpc) is 3.33. The van der Waals surface area contributed by atoms with E-state index in [1.54, 1.807) is 24.3 Å². The molecule has 1 aliphatic rings. The molecule has 0 bridgehead atoms. The van der Waals surface area contributed by atoms with E-state index in [9.17, 15) is 18.0 Å². The molecule has 11 heteroatoms. The number of alkyl halides is 3. The Morgan fingerprint density at radius 1 is 1.28 bits per heavy atom. The lowest BCUT2D eigenvalue weighted by molar-refractivity contribution is -0.174. The zero-order valence-corrected chi connectivity index (χ0v) is 16.0. The maximum absolute atomic E-state index is 13.6. The molecule has 6 nitrogen and oxygen atoms in total. The van der Waals surface area contributed by atoms with Crippen LogP contribution < -0.4 is 10.6 Å². The standard InChI is InChI=1S/C18H13Cl2F3N4O2/c19-10-3-1-4-11(15(10)20)26-17(28)9-8-24-27-14(18(21,22)23)7-12(25-16(9)27)13-5-2-6-29-13/h1-6,8,12,14,25H,7H2,(H,26,28)/t12-,14+/m0/s1. The minimum Gasteiger partial charge on any atom is -0.467 e. The molecule has 4 rings (SSSR count). The van der Waals surface area contributed by atoms with E-state index in [0.717, 1.165) is 10.9 Å². The number of anilines is 2. The second-order valence-electron chi connectivity index (χ2n) is 6.41. The molecule has 1 aliphatic heterocycles. The van der Waals surface area contributed by atoms with E-state index in [0.29, 0.717) is 5.76 Å². The first-order valence-corrected chi connectivity index (χ1v) is 9.21. The van der Waals surface area contributed by atoms with Gasteiger partial charge in [-0.1, -0.05) is 29.3 Å². The molecule has 152 valence electrons. The van der Waals surface area contributed by atoms with Crippen LogP contribution in [0.25, 0.3) is 0 Å². The maximum atomic E-state index is 13.6. The smallest absolute Gasteiger partial charge is 0.410 e. The number of hydrogen-bond donors (Lipinski definition) is 2. The third-order valence-electron chi connectivity index (χ3n) is 4.57. The SMILES string of the molecule is O=C(Nc1cccc(Cl)c1Cl)c1cnn2c1N[C@H](c1ccco1)C[C@@H]2C(F)(F)F. The van der Waals surface area contributed by atoms with Gasteiger partial charge in [0.1, 0.15) is 17.1 Å². The van der Waals surface area contributed by atoms with Gasteiger partial charge in [-0.25, -0.2) is 4.68 Å². The van der Waals surface area contributed by atoms with Gasteiger partial charge in [-0.15, -0.1) is 0 Å². The van der Waals surface area contributed by atoms with Gasteiger partial charge >= 0.3 is 6.18 Å². The Hall–Kier alpha value is -2.65. The lowest BCUT2D eigenvalue weighted by atomic mass is 10.0. The maximum Gasteiger partial charge on any atom is 0.410 e. The Morgan fingerprint density at radius 2 is 2.07 bits per heavy atom. The van der Waals surface area contributed by atoms with Crippen LogP contribution in [-0.2, 0) is 0 Å². The van der Waals surface area contributed by atoms with Gasteiger partial charge in [-0.3, -0.25) is 4.79 Å². The summed E-state index contributed by atoms with van der Waals surface area (Å²) in [6, 6.07) is 5.13. The molecule has 0 spiro atoms. The first kappa shape index (κ1) is 19.7. The molecular weight excluding hydrogens is 432 g/mol. The summed E-state index contributed by atoms with van der Waals surface area (Å²) in [6.07, 6.45) is -2.43. The number of nitrogens with zero attached hydrogens (tertiary/aromatic N) is 2. The molecule has 0 saturated heterocycles. The van der Waals surface area contributed by atoms with Crippen molar-refractivity contribution in [1.82, 2.24) is 9.78 Å². The number of amides is 1.